The molecular formula is C15H20N2O2. The zero-order valence-corrected chi connectivity index (χ0v) is 11.4. The molecule has 19 heavy (non-hydrogen) atoms. The summed E-state index contributed by atoms with van der Waals surface area (Å²) in [7, 11) is 0. The molecule has 4 heteroatoms. The van der Waals surface area contributed by atoms with Crippen molar-refractivity contribution in [1.29, 1.82) is 0 Å². The minimum Gasteiger partial charge on any atom is -0.368 e. The molecule has 2 N–H and O–H groups in total. The van der Waals surface area contributed by atoms with Crippen molar-refractivity contribution in [3.8, 4) is 0 Å². The van der Waals surface area contributed by atoms with Crippen LogP contribution in [0.2, 0.25) is 0 Å². The maximum Gasteiger partial charge on any atom is 0.254 e. The first-order chi connectivity index (χ1) is 8.93. The number of hydrogen-bond acceptors (Lipinski definition) is 2. The number of carbonyl (C=O) groups is 2. The van der Waals surface area contributed by atoms with E-state index in [0.717, 1.165) is 12.8 Å². The van der Waals surface area contributed by atoms with Crippen molar-refractivity contribution in [2.24, 2.45) is 11.1 Å². The number of benzene rings is 1. The number of rotatable bonds is 2. The van der Waals surface area contributed by atoms with Gasteiger partial charge >= 0.3 is 0 Å². The van der Waals surface area contributed by atoms with Crippen molar-refractivity contribution in [2.45, 2.75) is 32.7 Å². The van der Waals surface area contributed by atoms with Crippen LogP contribution in [0.1, 0.15) is 37.0 Å². The van der Waals surface area contributed by atoms with Gasteiger partial charge in [0.2, 0.25) is 5.91 Å². The molecule has 1 heterocycles. The molecule has 1 aliphatic heterocycles. The lowest BCUT2D eigenvalue weighted by atomic mass is 9.76. The van der Waals surface area contributed by atoms with Crippen molar-refractivity contribution in [2.75, 3.05) is 6.54 Å². The Morgan fingerprint density at radius 1 is 1.26 bits per heavy atom. The predicted octanol–water partition coefficient (Wildman–Crippen LogP) is 1.80. The predicted molar refractivity (Wildman–Crippen MR) is 73.5 cm³/mol. The zero-order chi connectivity index (χ0) is 14.0. The van der Waals surface area contributed by atoms with Gasteiger partial charge in [-0.1, -0.05) is 32.0 Å². The van der Waals surface area contributed by atoms with Crippen molar-refractivity contribution in [3.63, 3.8) is 0 Å². The van der Waals surface area contributed by atoms with Crippen LogP contribution in [0, 0.1) is 5.41 Å². The van der Waals surface area contributed by atoms with Gasteiger partial charge in [0.05, 0.1) is 0 Å². The lowest BCUT2D eigenvalue weighted by Gasteiger charge is -2.44. The van der Waals surface area contributed by atoms with Gasteiger partial charge in [-0.25, -0.2) is 0 Å². The van der Waals surface area contributed by atoms with E-state index in [1.165, 1.54) is 0 Å². The maximum atomic E-state index is 12.5. The number of piperidine rings is 1. The highest BCUT2D eigenvalue weighted by atomic mass is 16.2. The highest BCUT2D eigenvalue weighted by molar-refractivity contribution is 5.97. The maximum absolute atomic E-state index is 12.5. The number of nitrogens with two attached hydrogens (primary N) is 1. The molecule has 0 aromatic heterocycles. The van der Waals surface area contributed by atoms with Crippen LogP contribution in [0.4, 0.5) is 0 Å². The van der Waals surface area contributed by atoms with Crippen molar-refractivity contribution >= 4 is 11.8 Å². The molecule has 0 aliphatic carbocycles. The van der Waals surface area contributed by atoms with Crippen LogP contribution >= 0.6 is 0 Å². The minimum atomic E-state index is -0.533. The van der Waals surface area contributed by atoms with Gasteiger partial charge in [-0.3, -0.25) is 9.59 Å². The third kappa shape index (κ3) is 2.62. The van der Waals surface area contributed by atoms with E-state index in [1.54, 1.807) is 17.0 Å². The summed E-state index contributed by atoms with van der Waals surface area (Å²) in [4.78, 5) is 25.9. The lowest BCUT2D eigenvalue weighted by molar-refractivity contribution is -0.128. The Bertz CT molecular complexity index is 482. The Morgan fingerprint density at radius 2 is 1.89 bits per heavy atom. The zero-order valence-electron chi connectivity index (χ0n) is 11.4. The lowest BCUT2D eigenvalue weighted by Crippen LogP contribution is -2.58. The fourth-order valence-electron chi connectivity index (χ4n) is 2.90. The molecule has 1 fully saturated rings. The highest BCUT2D eigenvalue weighted by Gasteiger charge is 2.43. The quantitative estimate of drug-likeness (QED) is 0.881. The van der Waals surface area contributed by atoms with Gasteiger partial charge in [0, 0.05) is 12.1 Å². The molecule has 0 saturated carbocycles. The minimum absolute atomic E-state index is 0.114. The summed E-state index contributed by atoms with van der Waals surface area (Å²) in [5, 5.41) is 0. The molecule has 2 rings (SSSR count). The largest absolute Gasteiger partial charge is 0.368 e. The number of hydrogen-bond donors (Lipinski definition) is 1. The fourth-order valence-corrected chi connectivity index (χ4v) is 2.90. The third-order valence-electron chi connectivity index (χ3n) is 3.82. The molecule has 0 radical (unpaired) electrons. The monoisotopic (exact) mass is 260 g/mol. The number of nitrogens with zero attached hydrogens (tertiary/aromatic N) is 1. The molecule has 4 nitrogen and oxygen atoms in total. The fraction of sp³-hybridized carbons (Fsp3) is 0.467. The summed E-state index contributed by atoms with van der Waals surface area (Å²) >= 11 is 0. The Balaban J connectivity index is 2.32. The Morgan fingerprint density at radius 3 is 2.47 bits per heavy atom. The van der Waals surface area contributed by atoms with Gasteiger partial charge in [-0.05, 0) is 30.4 Å². The molecule has 2 amide bonds. The van der Waals surface area contributed by atoms with E-state index in [1.807, 2.05) is 32.0 Å². The molecule has 1 aliphatic rings. The first-order valence-electron chi connectivity index (χ1n) is 6.59. The van der Waals surface area contributed by atoms with E-state index in [0.29, 0.717) is 12.1 Å². The summed E-state index contributed by atoms with van der Waals surface area (Å²) in [6.07, 6.45) is 1.80. The molecule has 0 bridgehead atoms. The van der Waals surface area contributed by atoms with E-state index in [9.17, 15) is 9.59 Å². The number of primary amides is 1. The normalized spacial score (nSPS) is 22.0. The average molecular weight is 260 g/mol. The Kier molecular flexibility index (Phi) is 3.60. The van der Waals surface area contributed by atoms with Crippen molar-refractivity contribution in [1.82, 2.24) is 4.90 Å². The summed E-state index contributed by atoms with van der Waals surface area (Å²) in [6, 6.07) is 8.50. The van der Waals surface area contributed by atoms with Crippen molar-refractivity contribution in [3.05, 3.63) is 35.9 Å². The SMILES string of the molecule is CC1(C)CCCN(C(=O)c2ccccc2)C1C(N)=O. The molecule has 1 atom stereocenters. The average Bonchev–Trinajstić information content (AvgIpc) is 2.37. The van der Waals surface area contributed by atoms with E-state index in [-0.39, 0.29) is 11.3 Å². The number of carbonyl (C=O) groups excluding carboxylic acids is 2. The van der Waals surface area contributed by atoms with Gasteiger partial charge in [-0.2, -0.15) is 0 Å². The van der Waals surface area contributed by atoms with Crippen LogP contribution in [0.25, 0.3) is 0 Å². The summed E-state index contributed by atoms with van der Waals surface area (Å²) in [5.41, 5.74) is 5.85. The number of likely N-dealkylation sites (tertiary alicyclic amines) is 1. The molecule has 1 saturated heterocycles. The first-order valence-corrected chi connectivity index (χ1v) is 6.59. The molecule has 1 unspecified atom stereocenters. The van der Waals surface area contributed by atoms with Crippen LogP contribution in [0.5, 0.6) is 0 Å². The van der Waals surface area contributed by atoms with Crippen LogP contribution < -0.4 is 5.73 Å². The number of amides is 2. The van der Waals surface area contributed by atoms with E-state index >= 15 is 0 Å². The second-order valence-electron chi connectivity index (χ2n) is 5.76. The van der Waals surface area contributed by atoms with Crippen LogP contribution in [0.3, 0.4) is 0 Å². The molecular weight excluding hydrogens is 240 g/mol. The second-order valence-corrected chi connectivity index (χ2v) is 5.76. The molecule has 0 spiro atoms. The molecule has 1 aromatic carbocycles. The van der Waals surface area contributed by atoms with Gasteiger partial charge in [0.1, 0.15) is 6.04 Å². The summed E-state index contributed by atoms with van der Waals surface area (Å²) in [6.45, 7) is 4.57. The van der Waals surface area contributed by atoms with Crippen LogP contribution in [0.15, 0.2) is 30.3 Å². The summed E-state index contributed by atoms with van der Waals surface area (Å²) < 4.78 is 0. The van der Waals surface area contributed by atoms with Gasteiger partial charge in [0.25, 0.3) is 5.91 Å². The molecule has 1 aromatic rings. The third-order valence-corrected chi connectivity index (χ3v) is 3.82. The topological polar surface area (TPSA) is 63.4 Å². The Labute approximate surface area is 113 Å². The smallest absolute Gasteiger partial charge is 0.254 e. The first kappa shape index (κ1) is 13.6. The van der Waals surface area contributed by atoms with Crippen LogP contribution in [-0.2, 0) is 4.79 Å². The van der Waals surface area contributed by atoms with Gasteiger partial charge in [-0.15, -0.1) is 0 Å². The Hall–Kier alpha value is -1.84. The standard InChI is InChI=1S/C15H20N2O2/c1-15(2)9-6-10-17(12(15)13(16)18)14(19)11-7-4-3-5-8-11/h3-5,7-8,12H,6,9-10H2,1-2H3,(H2,16,18). The second kappa shape index (κ2) is 5.03. The van der Waals surface area contributed by atoms with Crippen molar-refractivity contribution < 1.29 is 9.59 Å². The highest BCUT2D eigenvalue weighted by Crippen LogP contribution is 2.35. The van der Waals surface area contributed by atoms with Gasteiger partial charge in [0.15, 0.2) is 0 Å². The summed E-state index contributed by atoms with van der Waals surface area (Å²) in [5.74, 6) is -0.536. The van der Waals surface area contributed by atoms with E-state index < -0.39 is 11.9 Å². The van der Waals surface area contributed by atoms with E-state index in [4.69, 9.17) is 5.73 Å². The molecule has 102 valence electrons. The van der Waals surface area contributed by atoms with Crippen LogP contribution in [-0.4, -0.2) is 29.3 Å². The van der Waals surface area contributed by atoms with E-state index in [2.05, 4.69) is 0 Å². The van der Waals surface area contributed by atoms with Gasteiger partial charge < -0.3 is 10.6 Å².